The van der Waals surface area contributed by atoms with Gasteiger partial charge in [-0.25, -0.2) is 0 Å². The second-order valence-electron chi connectivity index (χ2n) is 4.20. The number of amides is 1. The predicted octanol–water partition coefficient (Wildman–Crippen LogP) is 0.622. The van der Waals surface area contributed by atoms with Crippen molar-refractivity contribution >= 4 is 5.91 Å². The van der Waals surface area contributed by atoms with Crippen molar-refractivity contribution in [2.45, 2.75) is 38.8 Å². The van der Waals surface area contributed by atoms with Gasteiger partial charge in [0.05, 0.1) is 12.6 Å². The molecule has 1 aliphatic rings. The molecule has 1 N–H and O–H groups in total. The Morgan fingerprint density at radius 1 is 1.40 bits per heavy atom. The molecule has 0 aromatic heterocycles. The van der Waals surface area contributed by atoms with Gasteiger partial charge in [-0.2, -0.15) is 0 Å². The van der Waals surface area contributed by atoms with Gasteiger partial charge in [0.1, 0.15) is 0 Å². The number of carbonyl (C=O) groups is 1. The fraction of sp³-hybridized carbons (Fsp3) is 0.909. The Hall–Kier alpha value is -0.610. The molecule has 15 heavy (non-hydrogen) atoms. The van der Waals surface area contributed by atoms with E-state index in [1.165, 1.54) is 0 Å². The number of carbonyl (C=O) groups excluding carboxylic acids is 1. The highest BCUT2D eigenvalue weighted by atomic mass is 16.5. The van der Waals surface area contributed by atoms with Crippen LogP contribution in [0, 0.1) is 0 Å². The van der Waals surface area contributed by atoms with Crippen LogP contribution >= 0.6 is 0 Å². The van der Waals surface area contributed by atoms with Gasteiger partial charge in [-0.05, 0) is 26.7 Å². The van der Waals surface area contributed by atoms with E-state index in [-0.39, 0.29) is 18.1 Å². The fourth-order valence-electron chi connectivity index (χ4n) is 1.70. The molecule has 88 valence electrons. The average Bonchev–Trinajstić information content (AvgIpc) is 2.77. The number of ether oxygens (including phenoxy) is 1. The van der Waals surface area contributed by atoms with Crippen molar-refractivity contribution in [3.63, 3.8) is 0 Å². The highest BCUT2D eigenvalue weighted by Gasteiger charge is 2.19. The summed E-state index contributed by atoms with van der Waals surface area (Å²) in [6.45, 7) is 6.31. The lowest BCUT2D eigenvalue weighted by Crippen LogP contribution is -2.43. The summed E-state index contributed by atoms with van der Waals surface area (Å²) in [6.07, 6.45) is 2.43. The maximum absolute atomic E-state index is 11.7. The van der Waals surface area contributed by atoms with E-state index in [4.69, 9.17) is 4.74 Å². The van der Waals surface area contributed by atoms with Gasteiger partial charge in [-0.3, -0.25) is 4.79 Å². The quantitative estimate of drug-likeness (QED) is 0.729. The van der Waals surface area contributed by atoms with Crippen molar-refractivity contribution in [3.05, 3.63) is 0 Å². The molecule has 1 rings (SSSR count). The molecule has 0 aromatic rings. The molecule has 0 aromatic carbocycles. The molecule has 1 aliphatic heterocycles. The molecule has 1 saturated heterocycles. The SMILES string of the molecule is COC(C)C(C)NCC(=O)N1CCCC1. The van der Waals surface area contributed by atoms with Crippen molar-refractivity contribution in [1.82, 2.24) is 10.2 Å². The number of hydrogen-bond acceptors (Lipinski definition) is 3. The first kappa shape index (κ1) is 12.5. The van der Waals surface area contributed by atoms with Crippen LogP contribution in [-0.2, 0) is 9.53 Å². The normalized spacial score (nSPS) is 20.3. The van der Waals surface area contributed by atoms with Gasteiger partial charge in [0, 0.05) is 26.2 Å². The van der Waals surface area contributed by atoms with Crippen molar-refractivity contribution < 1.29 is 9.53 Å². The van der Waals surface area contributed by atoms with Gasteiger partial charge in [-0.1, -0.05) is 0 Å². The summed E-state index contributed by atoms with van der Waals surface area (Å²) in [4.78, 5) is 13.6. The number of hydrogen-bond donors (Lipinski definition) is 1. The van der Waals surface area contributed by atoms with Crippen molar-refractivity contribution in [1.29, 1.82) is 0 Å². The number of methoxy groups -OCH3 is 1. The molecule has 4 heteroatoms. The Bertz CT molecular complexity index is 203. The third-order valence-corrected chi connectivity index (χ3v) is 3.11. The summed E-state index contributed by atoms with van der Waals surface area (Å²) in [5.41, 5.74) is 0. The summed E-state index contributed by atoms with van der Waals surface area (Å²) in [6, 6.07) is 0.210. The van der Waals surface area contributed by atoms with Gasteiger partial charge in [0.2, 0.25) is 5.91 Å². The number of rotatable bonds is 5. The number of nitrogens with one attached hydrogen (secondary N) is 1. The summed E-state index contributed by atoms with van der Waals surface area (Å²) < 4.78 is 5.18. The Morgan fingerprint density at radius 3 is 2.53 bits per heavy atom. The minimum atomic E-state index is 0.136. The summed E-state index contributed by atoms with van der Waals surface area (Å²) >= 11 is 0. The van der Waals surface area contributed by atoms with Crippen LogP contribution in [-0.4, -0.2) is 49.7 Å². The Labute approximate surface area is 92.0 Å². The highest BCUT2D eigenvalue weighted by molar-refractivity contribution is 5.78. The van der Waals surface area contributed by atoms with E-state index >= 15 is 0 Å². The van der Waals surface area contributed by atoms with Gasteiger partial charge in [-0.15, -0.1) is 0 Å². The maximum atomic E-state index is 11.7. The molecule has 1 fully saturated rings. The van der Waals surface area contributed by atoms with Crippen LogP contribution < -0.4 is 5.32 Å². The van der Waals surface area contributed by atoms with Crippen molar-refractivity contribution in [3.8, 4) is 0 Å². The average molecular weight is 214 g/mol. The minimum absolute atomic E-state index is 0.136. The van der Waals surface area contributed by atoms with Crippen LogP contribution in [0.5, 0.6) is 0 Å². The van der Waals surface area contributed by atoms with Gasteiger partial charge in [0.15, 0.2) is 0 Å². The van der Waals surface area contributed by atoms with Gasteiger partial charge in [0.25, 0.3) is 0 Å². The molecule has 1 amide bonds. The van der Waals surface area contributed by atoms with E-state index in [0.717, 1.165) is 25.9 Å². The van der Waals surface area contributed by atoms with Gasteiger partial charge < -0.3 is 15.0 Å². The molecular formula is C11H22N2O2. The third-order valence-electron chi connectivity index (χ3n) is 3.11. The molecule has 0 spiro atoms. The minimum Gasteiger partial charge on any atom is -0.380 e. The predicted molar refractivity (Wildman–Crippen MR) is 59.7 cm³/mol. The van der Waals surface area contributed by atoms with E-state index in [2.05, 4.69) is 5.32 Å². The lowest BCUT2D eigenvalue weighted by atomic mass is 10.2. The fourth-order valence-corrected chi connectivity index (χ4v) is 1.70. The number of likely N-dealkylation sites (tertiary alicyclic amines) is 1. The van der Waals surface area contributed by atoms with E-state index in [0.29, 0.717) is 6.54 Å². The monoisotopic (exact) mass is 214 g/mol. The zero-order chi connectivity index (χ0) is 11.3. The Balaban J connectivity index is 2.21. The second kappa shape index (κ2) is 6.08. The first-order valence-electron chi connectivity index (χ1n) is 5.69. The Kier molecular flexibility index (Phi) is 5.05. The molecule has 4 nitrogen and oxygen atoms in total. The van der Waals surface area contributed by atoms with E-state index in [1.54, 1.807) is 7.11 Å². The first-order chi connectivity index (χ1) is 7.15. The molecule has 2 atom stereocenters. The van der Waals surface area contributed by atoms with E-state index in [9.17, 15) is 4.79 Å². The molecule has 0 aliphatic carbocycles. The molecule has 2 unspecified atom stereocenters. The van der Waals surface area contributed by atoms with Crippen molar-refractivity contribution in [2.24, 2.45) is 0 Å². The second-order valence-corrected chi connectivity index (χ2v) is 4.20. The van der Waals surface area contributed by atoms with Crippen molar-refractivity contribution in [2.75, 3.05) is 26.7 Å². The maximum Gasteiger partial charge on any atom is 0.236 e. The summed E-state index contributed by atoms with van der Waals surface area (Å²) in [7, 11) is 1.69. The molecule has 0 radical (unpaired) electrons. The van der Waals surface area contributed by atoms with Crippen LogP contribution in [0.3, 0.4) is 0 Å². The molecule has 0 bridgehead atoms. The summed E-state index contributed by atoms with van der Waals surface area (Å²) in [5.74, 6) is 0.211. The van der Waals surface area contributed by atoms with Crippen LogP contribution in [0.2, 0.25) is 0 Å². The molecular weight excluding hydrogens is 192 g/mol. The summed E-state index contributed by atoms with van der Waals surface area (Å²) in [5, 5.41) is 3.19. The zero-order valence-electron chi connectivity index (χ0n) is 9.95. The van der Waals surface area contributed by atoms with E-state index in [1.807, 2.05) is 18.7 Å². The molecule has 1 heterocycles. The Morgan fingerprint density at radius 2 is 2.00 bits per heavy atom. The van der Waals surface area contributed by atoms with E-state index < -0.39 is 0 Å². The topological polar surface area (TPSA) is 41.6 Å². The first-order valence-corrected chi connectivity index (χ1v) is 5.69. The number of nitrogens with zero attached hydrogens (tertiary/aromatic N) is 1. The zero-order valence-corrected chi connectivity index (χ0v) is 9.95. The smallest absolute Gasteiger partial charge is 0.236 e. The largest absolute Gasteiger partial charge is 0.380 e. The van der Waals surface area contributed by atoms with Gasteiger partial charge >= 0.3 is 0 Å². The van der Waals surface area contributed by atoms with Crippen LogP contribution in [0.15, 0.2) is 0 Å². The third kappa shape index (κ3) is 3.80. The van der Waals surface area contributed by atoms with Crippen LogP contribution in [0.4, 0.5) is 0 Å². The van der Waals surface area contributed by atoms with Crippen LogP contribution in [0.25, 0.3) is 0 Å². The lowest BCUT2D eigenvalue weighted by molar-refractivity contribution is -0.129. The lowest BCUT2D eigenvalue weighted by Gasteiger charge is -2.21. The van der Waals surface area contributed by atoms with Crippen LogP contribution in [0.1, 0.15) is 26.7 Å². The standard InChI is InChI=1S/C11H22N2O2/c1-9(10(2)15-3)12-8-11(14)13-6-4-5-7-13/h9-10,12H,4-8H2,1-3H3. The highest BCUT2D eigenvalue weighted by Crippen LogP contribution is 2.07. The molecule has 0 saturated carbocycles.